The first kappa shape index (κ1) is 25.5. The lowest BCUT2D eigenvalue weighted by molar-refractivity contribution is -0.140. The molecular weight excluding hydrogens is 432 g/mol. The van der Waals surface area contributed by atoms with Gasteiger partial charge in [-0.3, -0.25) is 9.59 Å². The minimum Gasteiger partial charge on any atom is -0.490 e. The number of hydrogen-bond acceptors (Lipinski definition) is 5. The van der Waals surface area contributed by atoms with E-state index in [0.717, 1.165) is 11.1 Å². The number of nitrogens with one attached hydrogen (secondary N) is 2. The Kier molecular flexibility index (Phi) is 9.81. The van der Waals surface area contributed by atoms with Crippen LogP contribution < -0.4 is 20.1 Å². The number of halogens is 1. The summed E-state index contributed by atoms with van der Waals surface area (Å²) < 4.78 is 11.3. The molecule has 0 fully saturated rings. The van der Waals surface area contributed by atoms with Crippen molar-refractivity contribution in [3.8, 4) is 11.5 Å². The van der Waals surface area contributed by atoms with Crippen LogP contribution in [-0.2, 0) is 16.1 Å². The Hall–Kier alpha value is -2.77. The van der Waals surface area contributed by atoms with Gasteiger partial charge in [0.2, 0.25) is 0 Å². The number of carboxylic acid groups (broad SMARTS) is 1. The maximum absolute atomic E-state index is 12.3. The molecule has 1 unspecified atom stereocenters. The monoisotopic (exact) mass is 462 g/mol. The summed E-state index contributed by atoms with van der Waals surface area (Å²) in [4.78, 5) is 23.7. The summed E-state index contributed by atoms with van der Waals surface area (Å²) in [6.45, 7) is 8.20. The maximum atomic E-state index is 12.3. The molecule has 0 bridgehead atoms. The predicted molar refractivity (Wildman–Crippen MR) is 126 cm³/mol. The fraction of sp³-hybridized carbons (Fsp3) is 0.417. The molecule has 0 spiro atoms. The molecule has 8 heteroatoms. The molecule has 0 saturated heterocycles. The van der Waals surface area contributed by atoms with Gasteiger partial charge in [0.05, 0.1) is 11.6 Å². The normalized spacial score (nSPS) is 11.8. The number of benzene rings is 2. The van der Waals surface area contributed by atoms with E-state index in [0.29, 0.717) is 31.0 Å². The predicted octanol–water partition coefficient (Wildman–Crippen LogP) is 4.65. The highest BCUT2D eigenvalue weighted by molar-refractivity contribution is 6.32. The Balaban J connectivity index is 2.06. The van der Waals surface area contributed by atoms with Crippen molar-refractivity contribution in [1.29, 1.82) is 0 Å². The van der Waals surface area contributed by atoms with Crippen molar-refractivity contribution in [2.75, 3.05) is 18.5 Å². The van der Waals surface area contributed by atoms with E-state index in [1.165, 1.54) is 0 Å². The van der Waals surface area contributed by atoms with Gasteiger partial charge in [-0.15, -0.1) is 0 Å². The topological polar surface area (TPSA) is 96.9 Å². The van der Waals surface area contributed by atoms with Crippen LogP contribution in [0.4, 0.5) is 5.69 Å². The zero-order valence-electron chi connectivity index (χ0n) is 18.9. The Morgan fingerprint density at radius 1 is 1.12 bits per heavy atom. The Labute approximate surface area is 194 Å². The summed E-state index contributed by atoms with van der Waals surface area (Å²) in [7, 11) is 0. The third-order valence-corrected chi connectivity index (χ3v) is 4.89. The fourth-order valence-corrected chi connectivity index (χ4v) is 3.37. The second-order valence-corrected chi connectivity index (χ2v) is 8.35. The number of aryl methyl sites for hydroxylation is 1. The minimum absolute atomic E-state index is 0.235. The van der Waals surface area contributed by atoms with Crippen molar-refractivity contribution < 1.29 is 24.2 Å². The summed E-state index contributed by atoms with van der Waals surface area (Å²) >= 11 is 6.41. The second kappa shape index (κ2) is 12.3. The highest BCUT2D eigenvalue weighted by Gasteiger charge is 2.19. The SMILES string of the molecule is CCOc1cc(CNC(CC(C)C)C(=O)O)cc(Cl)c1OCC(=O)Nc1ccc(C)cc1. The van der Waals surface area contributed by atoms with Gasteiger partial charge in [-0.1, -0.05) is 43.1 Å². The largest absolute Gasteiger partial charge is 0.490 e. The molecule has 174 valence electrons. The number of hydrogen-bond donors (Lipinski definition) is 3. The summed E-state index contributed by atoms with van der Waals surface area (Å²) in [6.07, 6.45) is 0.513. The van der Waals surface area contributed by atoms with Crippen LogP contribution in [0.25, 0.3) is 0 Å². The Morgan fingerprint density at radius 2 is 1.81 bits per heavy atom. The van der Waals surface area contributed by atoms with Crippen molar-refractivity contribution in [3.63, 3.8) is 0 Å². The van der Waals surface area contributed by atoms with Gasteiger partial charge in [-0.25, -0.2) is 0 Å². The van der Waals surface area contributed by atoms with Gasteiger partial charge < -0.3 is 25.2 Å². The molecule has 0 aliphatic rings. The Bertz CT molecular complexity index is 915. The average Bonchev–Trinajstić information content (AvgIpc) is 2.72. The first-order valence-corrected chi connectivity index (χ1v) is 11.0. The van der Waals surface area contributed by atoms with Crippen molar-refractivity contribution in [2.45, 2.75) is 46.7 Å². The molecule has 0 saturated carbocycles. The van der Waals surface area contributed by atoms with Crippen molar-refractivity contribution in [3.05, 3.63) is 52.5 Å². The molecule has 1 atom stereocenters. The average molecular weight is 463 g/mol. The smallest absolute Gasteiger partial charge is 0.320 e. The first-order valence-electron chi connectivity index (χ1n) is 10.6. The maximum Gasteiger partial charge on any atom is 0.320 e. The van der Waals surface area contributed by atoms with E-state index in [-0.39, 0.29) is 29.2 Å². The summed E-state index contributed by atoms with van der Waals surface area (Å²) in [5, 5.41) is 15.5. The number of carbonyl (C=O) groups excluding carboxylic acids is 1. The van der Waals surface area contributed by atoms with Crippen LogP contribution in [0, 0.1) is 12.8 Å². The summed E-state index contributed by atoms with van der Waals surface area (Å²) in [5.41, 5.74) is 2.53. The van der Waals surface area contributed by atoms with Crippen molar-refractivity contribution in [2.24, 2.45) is 5.92 Å². The molecule has 0 aromatic heterocycles. The van der Waals surface area contributed by atoms with Crippen LogP contribution in [0.15, 0.2) is 36.4 Å². The van der Waals surface area contributed by atoms with Crippen LogP contribution in [0.1, 0.15) is 38.3 Å². The number of carboxylic acids is 1. The molecule has 0 aliphatic carbocycles. The number of amides is 1. The van der Waals surface area contributed by atoms with Gasteiger partial charge in [-0.05, 0) is 56.0 Å². The third kappa shape index (κ3) is 8.05. The molecular formula is C24H31ClN2O5. The molecule has 32 heavy (non-hydrogen) atoms. The molecule has 2 rings (SSSR count). The number of ether oxygens (including phenoxy) is 2. The number of rotatable bonds is 12. The van der Waals surface area contributed by atoms with Crippen molar-refractivity contribution in [1.82, 2.24) is 5.32 Å². The highest BCUT2D eigenvalue weighted by atomic mass is 35.5. The van der Waals surface area contributed by atoms with Gasteiger partial charge in [0, 0.05) is 12.2 Å². The number of carbonyl (C=O) groups is 2. The fourth-order valence-electron chi connectivity index (χ4n) is 3.08. The van der Waals surface area contributed by atoms with Crippen LogP contribution in [0.2, 0.25) is 5.02 Å². The van der Waals surface area contributed by atoms with E-state index in [4.69, 9.17) is 21.1 Å². The van der Waals surface area contributed by atoms with E-state index in [2.05, 4.69) is 10.6 Å². The summed E-state index contributed by atoms with van der Waals surface area (Å²) in [5.74, 6) is -0.303. The molecule has 3 N–H and O–H groups in total. The first-order chi connectivity index (χ1) is 15.2. The van der Waals surface area contributed by atoms with Gasteiger partial charge in [0.1, 0.15) is 6.04 Å². The molecule has 1 amide bonds. The highest BCUT2D eigenvalue weighted by Crippen LogP contribution is 2.36. The van der Waals surface area contributed by atoms with Crippen LogP contribution in [0.5, 0.6) is 11.5 Å². The third-order valence-electron chi connectivity index (χ3n) is 4.61. The van der Waals surface area contributed by atoms with Crippen LogP contribution in [-0.4, -0.2) is 36.2 Å². The molecule has 2 aromatic rings. The lowest BCUT2D eigenvalue weighted by atomic mass is 10.0. The van der Waals surface area contributed by atoms with E-state index >= 15 is 0 Å². The molecule has 0 aliphatic heterocycles. The van der Waals surface area contributed by atoms with Gasteiger partial charge in [0.25, 0.3) is 5.91 Å². The zero-order chi connectivity index (χ0) is 23.7. The van der Waals surface area contributed by atoms with Gasteiger partial charge in [-0.2, -0.15) is 0 Å². The molecule has 0 heterocycles. The number of aliphatic carboxylic acids is 1. The molecule has 7 nitrogen and oxygen atoms in total. The van der Waals surface area contributed by atoms with Gasteiger partial charge in [0.15, 0.2) is 18.1 Å². The standard InChI is InChI=1S/C24H31ClN2O5/c1-5-31-21-12-17(13-26-20(24(29)30)10-15(2)3)11-19(25)23(21)32-14-22(28)27-18-8-6-16(4)7-9-18/h6-9,11-12,15,20,26H,5,10,13-14H2,1-4H3,(H,27,28)(H,29,30). The quantitative estimate of drug-likeness (QED) is 0.424. The van der Waals surface area contributed by atoms with Crippen molar-refractivity contribution >= 4 is 29.2 Å². The number of anilines is 1. The summed E-state index contributed by atoms with van der Waals surface area (Å²) in [6, 6.07) is 10.2. The van der Waals surface area contributed by atoms with Crippen LogP contribution >= 0.6 is 11.6 Å². The van der Waals surface area contributed by atoms with Gasteiger partial charge >= 0.3 is 5.97 Å². The van der Waals surface area contributed by atoms with E-state index in [1.54, 1.807) is 12.1 Å². The van der Waals surface area contributed by atoms with E-state index < -0.39 is 12.0 Å². The Morgan fingerprint density at radius 3 is 2.41 bits per heavy atom. The second-order valence-electron chi connectivity index (χ2n) is 7.94. The van der Waals surface area contributed by atoms with E-state index in [1.807, 2.05) is 52.0 Å². The van der Waals surface area contributed by atoms with E-state index in [9.17, 15) is 14.7 Å². The molecule has 2 aromatic carbocycles. The molecule has 0 radical (unpaired) electrons. The lowest BCUT2D eigenvalue weighted by Gasteiger charge is -2.18. The lowest BCUT2D eigenvalue weighted by Crippen LogP contribution is -2.37. The van der Waals surface area contributed by atoms with Crippen LogP contribution in [0.3, 0.4) is 0 Å². The minimum atomic E-state index is -0.894. The zero-order valence-corrected chi connectivity index (χ0v) is 19.7.